The minimum Gasteiger partial charge on any atom is -0.314 e. The zero-order valence-electron chi connectivity index (χ0n) is 9.96. The molecule has 1 fully saturated rings. The second-order valence-electron chi connectivity index (χ2n) is 4.62. The lowest BCUT2D eigenvalue weighted by molar-refractivity contribution is 0.165. The fraction of sp³-hybridized carbons (Fsp3) is 0.538. The number of benzene rings is 1. The van der Waals surface area contributed by atoms with Crippen molar-refractivity contribution in [2.75, 3.05) is 19.6 Å². The minimum atomic E-state index is 0.589. The highest BCUT2D eigenvalue weighted by Crippen LogP contribution is 2.20. The van der Waals surface area contributed by atoms with E-state index in [1.165, 1.54) is 11.1 Å². The zero-order chi connectivity index (χ0) is 11.5. The van der Waals surface area contributed by atoms with Crippen LogP contribution in [0.25, 0.3) is 0 Å². The molecule has 1 aromatic rings. The van der Waals surface area contributed by atoms with Gasteiger partial charge in [-0.1, -0.05) is 23.7 Å². The molecule has 0 radical (unpaired) electrons. The average Bonchev–Trinajstić information content (AvgIpc) is 2.25. The number of nitrogens with zero attached hydrogens (tertiary/aromatic N) is 1. The summed E-state index contributed by atoms with van der Waals surface area (Å²) in [5, 5.41) is 4.29. The number of hydrogen-bond donors (Lipinski definition) is 1. The maximum absolute atomic E-state index is 6.25. The molecule has 1 N–H and O–H groups in total. The summed E-state index contributed by atoms with van der Waals surface area (Å²) in [5.41, 5.74) is 2.46. The molecule has 0 saturated carbocycles. The Morgan fingerprint density at radius 2 is 2.31 bits per heavy atom. The molecule has 0 amide bonds. The first-order valence-electron chi connectivity index (χ1n) is 5.86. The Hall–Kier alpha value is -0.570. The van der Waals surface area contributed by atoms with Gasteiger partial charge in [0.1, 0.15) is 0 Å². The number of aryl methyl sites for hydroxylation is 1. The van der Waals surface area contributed by atoms with Crippen molar-refractivity contribution in [3.8, 4) is 0 Å². The van der Waals surface area contributed by atoms with E-state index in [1.807, 2.05) is 6.07 Å². The second-order valence-corrected chi connectivity index (χ2v) is 5.03. The van der Waals surface area contributed by atoms with E-state index < -0.39 is 0 Å². The van der Waals surface area contributed by atoms with Crippen LogP contribution in [0.3, 0.4) is 0 Å². The lowest BCUT2D eigenvalue weighted by Gasteiger charge is -2.34. The molecule has 1 heterocycles. The van der Waals surface area contributed by atoms with E-state index in [-0.39, 0.29) is 0 Å². The molecule has 3 heteroatoms. The SMILES string of the molecule is Cc1ccc(CN2CCNCC2C)c(Cl)c1. The molecular formula is C13H19ClN2. The van der Waals surface area contributed by atoms with Gasteiger partial charge < -0.3 is 5.32 Å². The third-order valence-corrected chi connectivity index (χ3v) is 3.57. The molecule has 1 aromatic carbocycles. The van der Waals surface area contributed by atoms with E-state index in [9.17, 15) is 0 Å². The van der Waals surface area contributed by atoms with Crippen molar-refractivity contribution in [2.24, 2.45) is 0 Å². The van der Waals surface area contributed by atoms with Crippen molar-refractivity contribution < 1.29 is 0 Å². The van der Waals surface area contributed by atoms with Crippen LogP contribution >= 0.6 is 11.6 Å². The van der Waals surface area contributed by atoms with Gasteiger partial charge in [-0.2, -0.15) is 0 Å². The van der Waals surface area contributed by atoms with Crippen LogP contribution in [0, 0.1) is 6.92 Å². The number of halogens is 1. The summed E-state index contributed by atoms with van der Waals surface area (Å²) in [6, 6.07) is 6.91. The number of piperazine rings is 1. The van der Waals surface area contributed by atoms with Crippen molar-refractivity contribution in [1.29, 1.82) is 0 Å². The predicted molar refractivity (Wildman–Crippen MR) is 68.9 cm³/mol. The lowest BCUT2D eigenvalue weighted by Crippen LogP contribution is -2.49. The number of rotatable bonds is 2. The molecule has 0 bridgehead atoms. The summed E-state index contributed by atoms with van der Waals surface area (Å²) in [5.74, 6) is 0. The van der Waals surface area contributed by atoms with Crippen LogP contribution in [-0.2, 0) is 6.54 Å². The Kier molecular flexibility index (Phi) is 3.85. The topological polar surface area (TPSA) is 15.3 Å². The Bertz CT molecular complexity index is 365. The second kappa shape index (κ2) is 5.17. The minimum absolute atomic E-state index is 0.589. The van der Waals surface area contributed by atoms with E-state index in [4.69, 9.17) is 11.6 Å². The van der Waals surface area contributed by atoms with Gasteiger partial charge in [0.2, 0.25) is 0 Å². The van der Waals surface area contributed by atoms with Gasteiger partial charge in [0, 0.05) is 37.2 Å². The highest BCUT2D eigenvalue weighted by molar-refractivity contribution is 6.31. The van der Waals surface area contributed by atoms with Gasteiger partial charge in [0.15, 0.2) is 0 Å². The first-order valence-corrected chi connectivity index (χ1v) is 6.24. The fourth-order valence-electron chi connectivity index (χ4n) is 2.12. The first kappa shape index (κ1) is 11.9. The van der Waals surface area contributed by atoms with E-state index in [2.05, 4.69) is 36.2 Å². The molecule has 0 spiro atoms. The molecular weight excluding hydrogens is 220 g/mol. The van der Waals surface area contributed by atoms with Crippen LogP contribution < -0.4 is 5.32 Å². The summed E-state index contributed by atoms with van der Waals surface area (Å²) in [6.45, 7) is 8.54. The third-order valence-electron chi connectivity index (χ3n) is 3.22. The maximum Gasteiger partial charge on any atom is 0.0453 e. The monoisotopic (exact) mass is 238 g/mol. The van der Waals surface area contributed by atoms with Gasteiger partial charge in [-0.25, -0.2) is 0 Å². The van der Waals surface area contributed by atoms with Gasteiger partial charge in [0.25, 0.3) is 0 Å². The maximum atomic E-state index is 6.25. The Labute approximate surface area is 103 Å². The van der Waals surface area contributed by atoms with Crippen LogP contribution in [-0.4, -0.2) is 30.6 Å². The molecule has 2 rings (SSSR count). The van der Waals surface area contributed by atoms with Crippen LogP contribution in [0.15, 0.2) is 18.2 Å². The summed E-state index contributed by atoms with van der Waals surface area (Å²) in [7, 11) is 0. The molecule has 0 aliphatic carbocycles. The highest BCUT2D eigenvalue weighted by Gasteiger charge is 2.18. The van der Waals surface area contributed by atoms with Crippen molar-refractivity contribution in [2.45, 2.75) is 26.4 Å². The molecule has 16 heavy (non-hydrogen) atoms. The molecule has 1 unspecified atom stereocenters. The van der Waals surface area contributed by atoms with Crippen LogP contribution in [0.5, 0.6) is 0 Å². The average molecular weight is 239 g/mol. The van der Waals surface area contributed by atoms with Crippen LogP contribution in [0.1, 0.15) is 18.1 Å². The Morgan fingerprint density at radius 3 is 3.00 bits per heavy atom. The van der Waals surface area contributed by atoms with Crippen molar-refractivity contribution >= 4 is 11.6 Å². The molecule has 1 saturated heterocycles. The summed E-state index contributed by atoms with van der Waals surface area (Å²) in [6.07, 6.45) is 0. The summed E-state index contributed by atoms with van der Waals surface area (Å²) >= 11 is 6.25. The van der Waals surface area contributed by atoms with Crippen molar-refractivity contribution in [3.05, 3.63) is 34.3 Å². The van der Waals surface area contributed by atoms with E-state index in [0.29, 0.717) is 6.04 Å². The molecule has 1 aliphatic rings. The standard InChI is InChI=1S/C13H19ClN2/c1-10-3-4-12(13(14)7-10)9-16-6-5-15-8-11(16)2/h3-4,7,11,15H,5-6,8-9H2,1-2H3. The van der Waals surface area contributed by atoms with Gasteiger partial charge in [-0.05, 0) is 31.0 Å². The number of hydrogen-bond acceptors (Lipinski definition) is 2. The molecule has 1 atom stereocenters. The zero-order valence-corrected chi connectivity index (χ0v) is 10.7. The van der Waals surface area contributed by atoms with Crippen molar-refractivity contribution in [3.63, 3.8) is 0 Å². The van der Waals surface area contributed by atoms with Gasteiger partial charge in [-0.3, -0.25) is 4.90 Å². The fourth-order valence-corrected chi connectivity index (χ4v) is 2.41. The molecule has 0 aromatic heterocycles. The smallest absolute Gasteiger partial charge is 0.0453 e. The number of nitrogens with one attached hydrogen (secondary N) is 1. The van der Waals surface area contributed by atoms with Gasteiger partial charge >= 0.3 is 0 Å². The van der Waals surface area contributed by atoms with Crippen LogP contribution in [0.4, 0.5) is 0 Å². The highest BCUT2D eigenvalue weighted by atomic mass is 35.5. The first-order chi connectivity index (χ1) is 7.66. The van der Waals surface area contributed by atoms with Gasteiger partial charge in [0.05, 0.1) is 0 Å². The van der Waals surface area contributed by atoms with E-state index in [1.54, 1.807) is 0 Å². The molecule has 1 aliphatic heterocycles. The van der Waals surface area contributed by atoms with Crippen LogP contribution in [0.2, 0.25) is 5.02 Å². The predicted octanol–water partition coefficient (Wildman–Crippen LogP) is 2.44. The van der Waals surface area contributed by atoms with E-state index in [0.717, 1.165) is 31.2 Å². The van der Waals surface area contributed by atoms with Crippen molar-refractivity contribution in [1.82, 2.24) is 10.2 Å². The van der Waals surface area contributed by atoms with Gasteiger partial charge in [-0.15, -0.1) is 0 Å². The largest absolute Gasteiger partial charge is 0.314 e. The molecule has 88 valence electrons. The molecule has 2 nitrogen and oxygen atoms in total. The lowest BCUT2D eigenvalue weighted by atomic mass is 10.1. The normalized spacial score (nSPS) is 22.3. The summed E-state index contributed by atoms with van der Waals surface area (Å²) in [4.78, 5) is 2.48. The Balaban J connectivity index is 2.07. The third kappa shape index (κ3) is 2.76. The Morgan fingerprint density at radius 1 is 1.50 bits per heavy atom. The van der Waals surface area contributed by atoms with E-state index >= 15 is 0 Å². The summed E-state index contributed by atoms with van der Waals surface area (Å²) < 4.78 is 0. The quantitative estimate of drug-likeness (QED) is 0.852.